The van der Waals surface area contributed by atoms with Crippen molar-refractivity contribution in [2.75, 3.05) is 16.8 Å². The zero-order valence-electron chi connectivity index (χ0n) is 12.9. The van der Waals surface area contributed by atoms with E-state index in [4.69, 9.17) is 34.8 Å². The van der Waals surface area contributed by atoms with Crippen molar-refractivity contribution in [2.45, 2.75) is 12.5 Å². The average Bonchev–Trinajstić information content (AvgIpc) is 2.92. The number of hydrogen-bond acceptors (Lipinski definition) is 2. The first-order chi connectivity index (χ1) is 11.9. The van der Waals surface area contributed by atoms with Gasteiger partial charge in [-0.1, -0.05) is 34.8 Å². The lowest BCUT2D eigenvalue weighted by molar-refractivity contribution is -0.117. The number of anilines is 2. The predicted molar refractivity (Wildman–Crippen MR) is 101 cm³/mol. The molecule has 1 aliphatic heterocycles. The molecule has 1 heterocycles. The van der Waals surface area contributed by atoms with E-state index in [1.807, 2.05) is 0 Å². The highest BCUT2D eigenvalue weighted by molar-refractivity contribution is 6.35. The molecule has 0 saturated carbocycles. The molecule has 0 bridgehead atoms. The average molecular weight is 399 g/mol. The highest BCUT2D eigenvalue weighted by atomic mass is 35.5. The minimum atomic E-state index is -0.445. The summed E-state index contributed by atoms with van der Waals surface area (Å²) in [4.78, 5) is 26.0. The van der Waals surface area contributed by atoms with Crippen LogP contribution in [0, 0.1) is 0 Å². The van der Waals surface area contributed by atoms with Gasteiger partial charge in [-0.25, -0.2) is 4.79 Å². The number of amides is 3. The van der Waals surface area contributed by atoms with E-state index in [1.54, 1.807) is 47.4 Å². The number of benzene rings is 2. The highest BCUT2D eigenvalue weighted by Gasteiger charge is 2.31. The zero-order valence-corrected chi connectivity index (χ0v) is 15.2. The minimum absolute atomic E-state index is 0.0617. The topological polar surface area (TPSA) is 61.4 Å². The lowest BCUT2D eigenvalue weighted by atomic mass is 10.2. The van der Waals surface area contributed by atoms with Crippen molar-refractivity contribution in [3.63, 3.8) is 0 Å². The Kier molecular flexibility index (Phi) is 5.37. The van der Waals surface area contributed by atoms with Crippen LogP contribution in [0.2, 0.25) is 15.1 Å². The molecular weight excluding hydrogens is 385 g/mol. The third kappa shape index (κ3) is 4.37. The molecule has 0 radical (unpaired) electrons. The number of halogens is 3. The van der Waals surface area contributed by atoms with Gasteiger partial charge in [0, 0.05) is 28.7 Å². The van der Waals surface area contributed by atoms with Gasteiger partial charge in [-0.05, 0) is 42.5 Å². The predicted octanol–water partition coefficient (Wildman–Crippen LogP) is 4.57. The van der Waals surface area contributed by atoms with E-state index in [0.717, 1.165) is 5.69 Å². The molecule has 25 heavy (non-hydrogen) atoms. The molecule has 0 aromatic heterocycles. The van der Waals surface area contributed by atoms with Gasteiger partial charge in [-0.15, -0.1) is 0 Å². The summed E-state index contributed by atoms with van der Waals surface area (Å²) in [5.41, 5.74) is 1.16. The van der Waals surface area contributed by atoms with E-state index in [1.165, 1.54) is 0 Å². The minimum Gasteiger partial charge on any atom is -0.333 e. The van der Waals surface area contributed by atoms with Crippen molar-refractivity contribution in [1.82, 2.24) is 5.32 Å². The fourth-order valence-corrected chi connectivity index (χ4v) is 3.07. The van der Waals surface area contributed by atoms with Gasteiger partial charge in [0.2, 0.25) is 5.91 Å². The van der Waals surface area contributed by atoms with Gasteiger partial charge in [0.25, 0.3) is 0 Å². The first kappa shape index (κ1) is 17.9. The van der Waals surface area contributed by atoms with Crippen LogP contribution in [0.25, 0.3) is 0 Å². The number of nitrogens with zero attached hydrogens (tertiary/aromatic N) is 1. The van der Waals surface area contributed by atoms with Crippen molar-refractivity contribution in [3.05, 3.63) is 57.5 Å². The molecule has 0 spiro atoms. The van der Waals surface area contributed by atoms with E-state index in [-0.39, 0.29) is 18.4 Å². The first-order valence-electron chi connectivity index (χ1n) is 7.51. The molecule has 2 aromatic carbocycles. The quantitative estimate of drug-likeness (QED) is 0.795. The Morgan fingerprint density at radius 2 is 1.72 bits per heavy atom. The lowest BCUT2D eigenvalue weighted by Gasteiger charge is -2.17. The fourth-order valence-electron chi connectivity index (χ4n) is 2.61. The van der Waals surface area contributed by atoms with Gasteiger partial charge in [0.05, 0.1) is 16.8 Å². The zero-order chi connectivity index (χ0) is 18.0. The number of rotatable bonds is 3. The molecule has 1 atom stereocenters. The molecule has 1 fully saturated rings. The summed E-state index contributed by atoms with van der Waals surface area (Å²) in [5.74, 6) is -0.0617. The maximum atomic E-state index is 12.2. The van der Waals surface area contributed by atoms with E-state index in [0.29, 0.717) is 27.3 Å². The maximum Gasteiger partial charge on any atom is 0.319 e. The van der Waals surface area contributed by atoms with Gasteiger partial charge in [0.1, 0.15) is 0 Å². The van der Waals surface area contributed by atoms with Gasteiger partial charge in [-0.2, -0.15) is 0 Å². The number of nitrogens with one attached hydrogen (secondary N) is 2. The van der Waals surface area contributed by atoms with Crippen LogP contribution in [-0.2, 0) is 4.79 Å². The largest absolute Gasteiger partial charge is 0.333 e. The molecular formula is C17H14Cl3N3O2. The van der Waals surface area contributed by atoms with Crippen molar-refractivity contribution < 1.29 is 9.59 Å². The van der Waals surface area contributed by atoms with Crippen LogP contribution in [0.3, 0.4) is 0 Å². The monoisotopic (exact) mass is 397 g/mol. The summed E-state index contributed by atoms with van der Waals surface area (Å²) < 4.78 is 0. The van der Waals surface area contributed by atoms with Crippen molar-refractivity contribution in [2.24, 2.45) is 0 Å². The van der Waals surface area contributed by atoms with E-state index in [2.05, 4.69) is 10.6 Å². The van der Waals surface area contributed by atoms with Crippen LogP contribution in [0.5, 0.6) is 0 Å². The van der Waals surface area contributed by atoms with Crippen LogP contribution in [-0.4, -0.2) is 24.5 Å². The third-order valence-electron chi connectivity index (χ3n) is 3.78. The molecule has 2 aromatic rings. The van der Waals surface area contributed by atoms with Gasteiger partial charge in [-0.3, -0.25) is 4.79 Å². The van der Waals surface area contributed by atoms with Crippen LogP contribution in [0.1, 0.15) is 6.42 Å². The van der Waals surface area contributed by atoms with Crippen molar-refractivity contribution in [3.8, 4) is 0 Å². The van der Waals surface area contributed by atoms with Crippen molar-refractivity contribution >= 4 is 58.1 Å². The molecule has 1 aliphatic rings. The second-order valence-corrected chi connectivity index (χ2v) is 6.88. The van der Waals surface area contributed by atoms with Gasteiger partial charge < -0.3 is 15.5 Å². The molecule has 5 nitrogen and oxygen atoms in total. The van der Waals surface area contributed by atoms with E-state index >= 15 is 0 Å². The molecule has 3 rings (SSSR count). The number of urea groups is 1. The van der Waals surface area contributed by atoms with Crippen molar-refractivity contribution in [1.29, 1.82) is 0 Å². The molecule has 0 aliphatic carbocycles. The van der Waals surface area contributed by atoms with E-state index in [9.17, 15) is 9.59 Å². The van der Waals surface area contributed by atoms with E-state index < -0.39 is 6.03 Å². The Balaban J connectivity index is 1.62. The Hall–Kier alpha value is -1.95. The second kappa shape index (κ2) is 7.52. The summed E-state index contributed by atoms with van der Waals surface area (Å²) in [5, 5.41) is 6.86. The standard InChI is InChI=1S/C17H14Cl3N3O2/c18-10-1-4-13(5-2-10)23-9-12(8-16(23)24)21-17(25)22-15-7-11(19)3-6-14(15)20/h1-7,12H,8-9H2,(H2,21,22,25). The first-order valence-corrected chi connectivity index (χ1v) is 8.64. The van der Waals surface area contributed by atoms with Crippen LogP contribution in [0.15, 0.2) is 42.5 Å². The van der Waals surface area contributed by atoms with Crippen LogP contribution >= 0.6 is 34.8 Å². The summed E-state index contributed by atoms with van der Waals surface area (Å²) >= 11 is 17.8. The number of carbonyl (C=O) groups excluding carboxylic acids is 2. The second-order valence-electron chi connectivity index (χ2n) is 5.60. The Morgan fingerprint density at radius 3 is 2.44 bits per heavy atom. The summed E-state index contributed by atoms with van der Waals surface area (Å²) in [6, 6.07) is 11.0. The Labute approximate surface area is 159 Å². The van der Waals surface area contributed by atoms with Gasteiger partial charge in [0.15, 0.2) is 0 Å². The molecule has 2 N–H and O–H groups in total. The molecule has 1 unspecified atom stereocenters. The lowest BCUT2D eigenvalue weighted by Crippen LogP contribution is -2.39. The number of carbonyl (C=O) groups is 2. The molecule has 130 valence electrons. The smallest absolute Gasteiger partial charge is 0.319 e. The number of hydrogen-bond donors (Lipinski definition) is 2. The summed E-state index contributed by atoms with van der Waals surface area (Å²) in [6.45, 7) is 0.386. The molecule has 3 amide bonds. The molecule has 1 saturated heterocycles. The Morgan fingerprint density at radius 1 is 1.04 bits per heavy atom. The van der Waals surface area contributed by atoms with Crippen LogP contribution in [0.4, 0.5) is 16.2 Å². The molecule has 8 heteroatoms. The summed E-state index contributed by atoms with van der Waals surface area (Å²) in [7, 11) is 0. The Bertz CT molecular complexity index is 811. The maximum absolute atomic E-state index is 12.2. The SMILES string of the molecule is O=C(Nc1cc(Cl)ccc1Cl)NC1CC(=O)N(c2ccc(Cl)cc2)C1. The fraction of sp³-hybridized carbons (Fsp3) is 0.176. The normalized spacial score (nSPS) is 16.8. The highest BCUT2D eigenvalue weighted by Crippen LogP contribution is 2.26. The third-order valence-corrected chi connectivity index (χ3v) is 4.59. The van der Waals surface area contributed by atoms with Gasteiger partial charge >= 0.3 is 6.03 Å². The van der Waals surface area contributed by atoms with Crippen LogP contribution < -0.4 is 15.5 Å². The summed E-state index contributed by atoms with van der Waals surface area (Å²) in [6.07, 6.45) is 0.222.